The van der Waals surface area contributed by atoms with Crippen molar-refractivity contribution in [1.29, 1.82) is 0 Å². The number of thiazole rings is 1. The molecule has 170 valence electrons. The molecule has 4 rings (SSSR count). The first-order valence-corrected chi connectivity index (χ1v) is 11.6. The molecule has 0 saturated heterocycles. The first kappa shape index (κ1) is 22.1. The van der Waals surface area contributed by atoms with Gasteiger partial charge in [0.1, 0.15) is 6.54 Å². The smallest absolute Gasteiger partial charge is 0.240 e. The highest BCUT2D eigenvalue weighted by atomic mass is 32.1. The molecule has 2 aliphatic rings. The van der Waals surface area contributed by atoms with E-state index in [0.29, 0.717) is 22.3 Å². The first-order chi connectivity index (χ1) is 15.6. The van der Waals surface area contributed by atoms with Gasteiger partial charge in [0.05, 0.1) is 0 Å². The molecule has 0 bridgehead atoms. The molecular weight excluding hydrogens is 432 g/mol. The largest absolute Gasteiger partial charge is 0.454 e. The van der Waals surface area contributed by atoms with Crippen LogP contribution in [0.15, 0.2) is 29.8 Å². The highest BCUT2D eigenvalue weighted by Crippen LogP contribution is 2.35. The average molecular weight is 459 g/mol. The van der Waals surface area contributed by atoms with E-state index in [4.69, 9.17) is 9.47 Å². The Morgan fingerprint density at radius 3 is 2.66 bits per heavy atom. The third kappa shape index (κ3) is 5.76. The summed E-state index contributed by atoms with van der Waals surface area (Å²) in [6.07, 6.45) is 6.86. The molecule has 0 spiro atoms. The van der Waals surface area contributed by atoms with E-state index in [1.165, 1.54) is 22.7 Å². The van der Waals surface area contributed by atoms with Crippen molar-refractivity contribution in [2.24, 2.45) is 0 Å². The van der Waals surface area contributed by atoms with Crippen LogP contribution >= 0.6 is 11.3 Å². The maximum absolute atomic E-state index is 13.1. The van der Waals surface area contributed by atoms with Gasteiger partial charge in [0.15, 0.2) is 16.6 Å². The topological polar surface area (TPSA) is 110 Å². The Hall–Kier alpha value is -3.14. The zero-order valence-corrected chi connectivity index (χ0v) is 18.5. The van der Waals surface area contributed by atoms with Gasteiger partial charge in [-0.3, -0.25) is 14.4 Å². The number of nitrogens with one attached hydrogen (secondary N) is 2. The van der Waals surface area contributed by atoms with Gasteiger partial charge in [0.25, 0.3) is 0 Å². The Balaban J connectivity index is 1.41. The molecule has 0 radical (unpaired) electrons. The van der Waals surface area contributed by atoms with E-state index in [1.54, 1.807) is 29.8 Å². The zero-order valence-electron chi connectivity index (χ0n) is 17.7. The molecule has 10 heteroatoms. The van der Waals surface area contributed by atoms with Crippen molar-refractivity contribution in [2.75, 3.05) is 23.6 Å². The number of benzene rings is 1. The minimum atomic E-state index is -0.322. The van der Waals surface area contributed by atoms with Crippen LogP contribution in [-0.4, -0.2) is 42.1 Å². The first-order valence-electron chi connectivity index (χ1n) is 10.8. The second-order valence-electron chi connectivity index (χ2n) is 7.81. The molecule has 1 fully saturated rings. The van der Waals surface area contributed by atoms with E-state index >= 15 is 0 Å². The van der Waals surface area contributed by atoms with E-state index in [0.717, 1.165) is 25.7 Å². The maximum Gasteiger partial charge on any atom is 0.240 e. The molecule has 32 heavy (non-hydrogen) atoms. The van der Waals surface area contributed by atoms with Crippen LogP contribution in [0.1, 0.15) is 44.9 Å². The summed E-state index contributed by atoms with van der Waals surface area (Å²) in [5.74, 6) is 0.280. The Bertz CT molecular complexity index is 959. The number of hydrogen-bond acceptors (Lipinski definition) is 7. The minimum absolute atomic E-state index is 0.0102. The van der Waals surface area contributed by atoms with Crippen LogP contribution < -0.4 is 25.0 Å². The van der Waals surface area contributed by atoms with Gasteiger partial charge in [-0.25, -0.2) is 4.98 Å². The predicted molar refractivity (Wildman–Crippen MR) is 120 cm³/mol. The number of amides is 3. The van der Waals surface area contributed by atoms with Crippen LogP contribution in [0.4, 0.5) is 10.8 Å². The molecule has 1 saturated carbocycles. The maximum atomic E-state index is 13.1. The second-order valence-corrected chi connectivity index (χ2v) is 8.70. The highest BCUT2D eigenvalue weighted by Gasteiger charge is 2.24. The molecule has 2 heterocycles. The number of carbonyl (C=O) groups is 3. The highest BCUT2D eigenvalue weighted by molar-refractivity contribution is 7.13. The molecule has 1 aromatic carbocycles. The second kappa shape index (κ2) is 10.4. The van der Waals surface area contributed by atoms with Gasteiger partial charge >= 0.3 is 0 Å². The fourth-order valence-corrected chi connectivity index (χ4v) is 4.41. The van der Waals surface area contributed by atoms with Gasteiger partial charge in [-0.05, 0) is 25.0 Å². The molecule has 3 amide bonds. The lowest BCUT2D eigenvalue weighted by Gasteiger charge is -2.26. The number of anilines is 2. The van der Waals surface area contributed by atoms with Gasteiger partial charge in [-0.2, -0.15) is 0 Å². The minimum Gasteiger partial charge on any atom is -0.454 e. The summed E-state index contributed by atoms with van der Waals surface area (Å²) >= 11 is 1.31. The average Bonchev–Trinajstić information content (AvgIpc) is 3.48. The molecule has 1 aliphatic heterocycles. The number of aromatic nitrogens is 1. The number of hydrogen-bond donors (Lipinski definition) is 2. The lowest BCUT2D eigenvalue weighted by Crippen LogP contribution is -2.45. The van der Waals surface area contributed by atoms with E-state index in [9.17, 15) is 14.4 Å². The van der Waals surface area contributed by atoms with Crippen molar-refractivity contribution in [3.63, 3.8) is 0 Å². The van der Waals surface area contributed by atoms with E-state index < -0.39 is 0 Å². The van der Waals surface area contributed by atoms with E-state index in [-0.39, 0.29) is 49.9 Å². The summed E-state index contributed by atoms with van der Waals surface area (Å²) in [7, 11) is 0. The van der Waals surface area contributed by atoms with Crippen LogP contribution in [0.3, 0.4) is 0 Å². The molecular formula is C22H26N4O5S. The van der Waals surface area contributed by atoms with Crippen LogP contribution in [0.25, 0.3) is 0 Å². The Morgan fingerprint density at radius 2 is 1.88 bits per heavy atom. The van der Waals surface area contributed by atoms with Crippen molar-refractivity contribution in [3.05, 3.63) is 29.8 Å². The summed E-state index contributed by atoms with van der Waals surface area (Å²) in [5.41, 5.74) is 0.526. The van der Waals surface area contributed by atoms with Gasteiger partial charge in [-0.15, -0.1) is 11.3 Å². The van der Waals surface area contributed by atoms with Crippen LogP contribution in [0.2, 0.25) is 0 Å². The lowest BCUT2D eigenvalue weighted by atomic mass is 9.95. The lowest BCUT2D eigenvalue weighted by molar-refractivity contribution is -0.125. The molecule has 0 atom stereocenters. The summed E-state index contributed by atoms with van der Waals surface area (Å²) in [4.78, 5) is 43.4. The Morgan fingerprint density at radius 1 is 1.06 bits per heavy atom. The number of carbonyl (C=O) groups excluding carboxylic acids is 3. The molecule has 0 unspecified atom stereocenters. The normalized spacial score (nSPS) is 15.2. The standard InChI is InChI=1S/C22H26N4O5S/c27-19(25-22-23-10-11-32-22)8-9-21(29)26(13-20(28)24-15-4-2-1-3-5-15)16-6-7-17-18(12-16)31-14-30-17/h6-7,10-12,15H,1-5,8-9,13-14H2,(H,24,28)(H,23,25,27). The van der Waals surface area contributed by atoms with Gasteiger partial charge < -0.3 is 25.0 Å². The van der Waals surface area contributed by atoms with Crippen molar-refractivity contribution >= 4 is 39.9 Å². The molecule has 2 N–H and O–H groups in total. The van der Waals surface area contributed by atoms with Crippen LogP contribution in [0.5, 0.6) is 11.5 Å². The number of ether oxygens (including phenoxy) is 2. The zero-order chi connectivity index (χ0) is 22.3. The Labute approximate surface area is 190 Å². The number of rotatable bonds is 8. The van der Waals surface area contributed by atoms with Gasteiger partial charge in [0, 0.05) is 42.2 Å². The van der Waals surface area contributed by atoms with Crippen molar-refractivity contribution < 1.29 is 23.9 Å². The monoisotopic (exact) mass is 458 g/mol. The fraction of sp³-hybridized carbons (Fsp3) is 0.455. The summed E-state index contributed by atoms with van der Waals surface area (Å²) in [5, 5.41) is 7.96. The third-order valence-corrected chi connectivity index (χ3v) is 6.17. The SMILES string of the molecule is O=C(CCC(=O)N(CC(=O)NC1CCCCC1)c1ccc2c(c1)OCO2)Nc1nccs1. The molecule has 1 aromatic heterocycles. The van der Waals surface area contributed by atoms with Crippen LogP contribution in [0, 0.1) is 0 Å². The predicted octanol–water partition coefficient (Wildman–Crippen LogP) is 3.07. The van der Waals surface area contributed by atoms with Crippen molar-refractivity contribution in [1.82, 2.24) is 10.3 Å². The van der Waals surface area contributed by atoms with E-state index in [2.05, 4.69) is 15.6 Å². The summed E-state index contributed by atoms with van der Waals surface area (Å²) in [6.45, 7) is -0.00506. The number of fused-ring (bicyclic) bond motifs is 1. The molecule has 2 aromatic rings. The number of nitrogens with zero attached hydrogens (tertiary/aromatic N) is 2. The summed E-state index contributed by atoms with van der Waals surface area (Å²) < 4.78 is 10.8. The fourth-order valence-electron chi connectivity index (χ4n) is 3.86. The van der Waals surface area contributed by atoms with Crippen LogP contribution in [-0.2, 0) is 14.4 Å². The summed E-state index contributed by atoms with van der Waals surface area (Å²) in [6, 6.07) is 5.26. The Kier molecular flexibility index (Phi) is 7.21. The quantitative estimate of drug-likeness (QED) is 0.629. The van der Waals surface area contributed by atoms with Gasteiger partial charge in [0.2, 0.25) is 24.5 Å². The van der Waals surface area contributed by atoms with E-state index in [1.807, 2.05) is 0 Å². The molecule has 9 nitrogen and oxygen atoms in total. The third-order valence-electron chi connectivity index (χ3n) is 5.49. The molecule has 1 aliphatic carbocycles. The van der Waals surface area contributed by atoms with Gasteiger partial charge in [-0.1, -0.05) is 19.3 Å². The van der Waals surface area contributed by atoms with Crippen molar-refractivity contribution in [2.45, 2.75) is 51.0 Å². The van der Waals surface area contributed by atoms with Crippen molar-refractivity contribution in [3.8, 4) is 11.5 Å².